The highest BCUT2D eigenvalue weighted by Gasteiger charge is 2.47. The number of hydrogen-bond donors (Lipinski definition) is 2. The van der Waals surface area contributed by atoms with Crippen LogP contribution in [0.5, 0.6) is 0 Å². The number of nitrogens with one attached hydrogen (secondary N) is 1. The van der Waals surface area contributed by atoms with Crippen LogP contribution in [-0.2, 0) is 29.4 Å². The van der Waals surface area contributed by atoms with Gasteiger partial charge < -0.3 is 14.6 Å². The summed E-state index contributed by atoms with van der Waals surface area (Å²) in [7, 11) is -3.14. The van der Waals surface area contributed by atoms with Crippen molar-refractivity contribution in [3.8, 4) is 0 Å². The third kappa shape index (κ3) is 3.90. The second kappa shape index (κ2) is 6.98. The Labute approximate surface area is 136 Å². The summed E-state index contributed by atoms with van der Waals surface area (Å²) in [6, 6.07) is 1.44. The summed E-state index contributed by atoms with van der Waals surface area (Å²) >= 11 is 0. The van der Waals surface area contributed by atoms with Crippen molar-refractivity contribution in [1.82, 2.24) is 10.4 Å². The van der Waals surface area contributed by atoms with Gasteiger partial charge in [-0.15, -0.1) is 0 Å². The zero-order chi connectivity index (χ0) is 17.9. The summed E-state index contributed by atoms with van der Waals surface area (Å²) in [5.41, 5.74) is -0.167. The lowest BCUT2D eigenvalue weighted by Gasteiger charge is -2.43. The van der Waals surface area contributed by atoms with E-state index >= 15 is 0 Å². The molecule has 1 aromatic heterocycles. The molecule has 1 aromatic rings. The molecule has 1 fully saturated rings. The third-order valence-corrected chi connectivity index (χ3v) is 3.52. The molecule has 2 rings (SSSR count). The first-order valence-corrected chi connectivity index (χ1v) is 8.22. The van der Waals surface area contributed by atoms with Crippen molar-refractivity contribution in [2.45, 2.75) is 19.0 Å². The van der Waals surface area contributed by atoms with Crippen molar-refractivity contribution < 1.29 is 36.7 Å². The van der Waals surface area contributed by atoms with E-state index < -0.39 is 40.0 Å². The molecule has 1 aliphatic heterocycles. The number of carbonyl (C=O) groups excluding carboxylic acids is 2. The van der Waals surface area contributed by atoms with Crippen LogP contribution in [0.15, 0.2) is 28.0 Å². The molecular weight excluding hydrogens is 346 g/mol. The summed E-state index contributed by atoms with van der Waals surface area (Å²) < 4.78 is 34.9. The minimum Gasteiger partial charge on any atom is -0.462 e. The predicted octanol–water partition coefficient (Wildman–Crippen LogP) is -0.877. The molecule has 2 N–H and O–H groups in total. The molecule has 2 amide bonds. The highest BCUT2D eigenvalue weighted by molar-refractivity contribution is 7.85. The number of hydrogen-bond acceptors (Lipinski definition) is 8. The average Bonchev–Trinajstić information content (AvgIpc) is 3.03. The van der Waals surface area contributed by atoms with Crippen molar-refractivity contribution >= 4 is 27.6 Å². The van der Waals surface area contributed by atoms with Crippen molar-refractivity contribution in [3.63, 3.8) is 0 Å². The molecule has 0 unspecified atom stereocenters. The first-order chi connectivity index (χ1) is 11.2. The van der Waals surface area contributed by atoms with E-state index in [0.29, 0.717) is 0 Å². The van der Waals surface area contributed by atoms with E-state index in [2.05, 4.69) is 20.1 Å². The number of hydroxylamine groups is 2. The maximum Gasteiger partial charge on any atom is 0.292 e. The molecule has 0 spiro atoms. The number of β-lactam (4-membered cyclic amide) rings is 1. The van der Waals surface area contributed by atoms with Crippen LogP contribution in [-0.4, -0.2) is 60.7 Å². The monoisotopic (exact) mass is 361 g/mol. The number of nitrogens with zero attached hydrogens (tertiary/aromatic N) is 2. The number of amides is 2. The van der Waals surface area contributed by atoms with Gasteiger partial charge in [0.25, 0.3) is 21.9 Å². The molecule has 0 bridgehead atoms. The number of furan rings is 1. The molecule has 2 atom stereocenters. The molecule has 12 heteroatoms. The van der Waals surface area contributed by atoms with Gasteiger partial charge in [0.05, 0.1) is 12.3 Å². The first kappa shape index (κ1) is 17.9. The topological polar surface area (TPSA) is 148 Å². The zero-order valence-electron chi connectivity index (χ0n) is 12.7. The predicted molar refractivity (Wildman–Crippen MR) is 78.0 cm³/mol. The Balaban J connectivity index is 2.00. The Morgan fingerprint density at radius 3 is 2.75 bits per heavy atom. The van der Waals surface area contributed by atoms with E-state index in [1.807, 2.05) is 0 Å². The second-order valence-electron chi connectivity index (χ2n) is 4.78. The normalized spacial score (nSPS) is 21.4. The highest BCUT2D eigenvalue weighted by Crippen LogP contribution is 2.20. The van der Waals surface area contributed by atoms with Gasteiger partial charge in [-0.3, -0.25) is 19.0 Å². The second-order valence-corrected chi connectivity index (χ2v) is 6.18. The van der Waals surface area contributed by atoms with Crippen LogP contribution in [0.25, 0.3) is 0 Å². The van der Waals surface area contributed by atoms with E-state index in [-0.39, 0.29) is 11.5 Å². The summed E-state index contributed by atoms with van der Waals surface area (Å²) in [6.07, 6.45) is 1.34. The van der Waals surface area contributed by atoms with Crippen molar-refractivity contribution in [3.05, 3.63) is 24.2 Å². The van der Waals surface area contributed by atoms with Gasteiger partial charge >= 0.3 is 0 Å². The molecule has 2 heterocycles. The molecular formula is C12H15N3O8S. The first-order valence-electron chi connectivity index (χ1n) is 6.61. The fraction of sp³-hybridized carbons (Fsp3) is 0.417. The lowest BCUT2D eigenvalue weighted by molar-refractivity contribution is -0.224. The van der Waals surface area contributed by atoms with Crippen LogP contribution < -0.4 is 5.32 Å². The van der Waals surface area contributed by atoms with Crippen molar-refractivity contribution in [1.29, 1.82) is 0 Å². The molecule has 1 aliphatic rings. The Bertz CT molecular complexity index is 742. The van der Waals surface area contributed by atoms with E-state index in [4.69, 9.17) is 8.97 Å². The Morgan fingerprint density at radius 2 is 2.25 bits per heavy atom. The minimum atomic E-state index is -4.38. The fourth-order valence-electron chi connectivity index (χ4n) is 2.00. The Kier molecular flexibility index (Phi) is 5.21. The largest absolute Gasteiger partial charge is 0.462 e. The maximum atomic E-state index is 12.2. The zero-order valence-corrected chi connectivity index (χ0v) is 13.5. The molecule has 0 radical (unpaired) electrons. The molecule has 11 nitrogen and oxygen atoms in total. The molecule has 0 saturated carbocycles. The summed E-state index contributed by atoms with van der Waals surface area (Å²) in [6.45, 7) is 1.52. The minimum absolute atomic E-state index is 0.147. The summed E-state index contributed by atoms with van der Waals surface area (Å²) in [4.78, 5) is 33.4. The van der Waals surface area contributed by atoms with E-state index in [0.717, 1.165) is 5.06 Å². The van der Waals surface area contributed by atoms with Crippen LogP contribution in [0, 0.1) is 0 Å². The summed E-state index contributed by atoms with van der Waals surface area (Å²) in [5, 5.41) is 6.73. The molecule has 24 heavy (non-hydrogen) atoms. The van der Waals surface area contributed by atoms with Gasteiger partial charge in [-0.05, 0) is 19.1 Å². The average molecular weight is 361 g/mol. The smallest absolute Gasteiger partial charge is 0.292 e. The third-order valence-electron chi connectivity index (χ3n) is 3.12. The Hall–Kier alpha value is -2.44. The number of carbonyl (C=O) groups is 2. The standard InChI is InChI=1S/C12H15N3O8S/c1-7-9(12(17)15(7)23-6-24(18,19)20)13-11(16)10(14-21-2)8-4-3-5-22-8/h3-5,7,9H,6H2,1-2H3,(H,13,16)(H,18,19,20)/t7-,9-/m0/s1. The Morgan fingerprint density at radius 1 is 1.54 bits per heavy atom. The quantitative estimate of drug-likeness (QED) is 0.275. The lowest BCUT2D eigenvalue weighted by atomic mass is 10.00. The number of rotatable bonds is 7. The van der Waals surface area contributed by atoms with Gasteiger partial charge in [-0.2, -0.15) is 8.42 Å². The van der Waals surface area contributed by atoms with Gasteiger partial charge in [0.15, 0.2) is 5.76 Å². The van der Waals surface area contributed by atoms with E-state index in [1.165, 1.54) is 26.4 Å². The van der Waals surface area contributed by atoms with Gasteiger partial charge in [-0.25, -0.2) is 5.06 Å². The van der Waals surface area contributed by atoms with Crippen LogP contribution >= 0.6 is 0 Å². The molecule has 0 aromatic carbocycles. The van der Waals surface area contributed by atoms with Crippen LogP contribution in [0.1, 0.15) is 12.7 Å². The van der Waals surface area contributed by atoms with Crippen LogP contribution in [0.2, 0.25) is 0 Å². The molecule has 0 aliphatic carbocycles. The van der Waals surface area contributed by atoms with Crippen LogP contribution in [0.3, 0.4) is 0 Å². The van der Waals surface area contributed by atoms with Gasteiger partial charge in [-0.1, -0.05) is 5.16 Å². The molecule has 132 valence electrons. The van der Waals surface area contributed by atoms with Gasteiger partial charge in [0.1, 0.15) is 13.2 Å². The maximum absolute atomic E-state index is 12.2. The van der Waals surface area contributed by atoms with Crippen molar-refractivity contribution in [2.24, 2.45) is 5.16 Å². The SMILES string of the molecule is CON=C(C(=O)N[C@@H]1C(=O)N(OCS(=O)(=O)O)[C@H]1C)c1ccco1. The van der Waals surface area contributed by atoms with E-state index in [1.54, 1.807) is 6.07 Å². The van der Waals surface area contributed by atoms with Crippen LogP contribution in [0.4, 0.5) is 0 Å². The van der Waals surface area contributed by atoms with Gasteiger partial charge in [0, 0.05) is 0 Å². The van der Waals surface area contributed by atoms with Gasteiger partial charge in [0.2, 0.25) is 11.7 Å². The van der Waals surface area contributed by atoms with E-state index in [9.17, 15) is 18.0 Å². The molecule has 1 saturated heterocycles. The van der Waals surface area contributed by atoms with Crippen molar-refractivity contribution in [2.75, 3.05) is 13.0 Å². The highest BCUT2D eigenvalue weighted by atomic mass is 32.2. The lowest BCUT2D eigenvalue weighted by Crippen LogP contribution is -2.70. The number of oxime groups is 1. The fourth-order valence-corrected chi connectivity index (χ4v) is 2.24. The summed E-state index contributed by atoms with van der Waals surface area (Å²) in [5.74, 6) is -2.30.